The van der Waals surface area contributed by atoms with Crippen molar-refractivity contribution in [2.75, 3.05) is 0 Å². The molecule has 0 unspecified atom stereocenters. The van der Waals surface area contributed by atoms with Crippen LogP contribution in [0.2, 0.25) is 0 Å². The van der Waals surface area contributed by atoms with Crippen molar-refractivity contribution in [2.24, 2.45) is 0 Å². The predicted octanol–water partition coefficient (Wildman–Crippen LogP) is 4.54. The first kappa shape index (κ1) is 19.5. The van der Waals surface area contributed by atoms with Crippen molar-refractivity contribution in [3.8, 4) is 0 Å². The van der Waals surface area contributed by atoms with Crippen LogP contribution in [0.25, 0.3) is 0 Å². The molecule has 0 bridgehead atoms. The standard InChI is InChI=1S/C22H23F2N3O2/c23-16-8-15(9-17(24)10-16)20-6-7-21(25)27(20)22(28)26-18-11-19(12-18)29-13-14-4-2-1-3-5-14/h1-5,8-10,18-20,25H,6-7,11-13H2,(H,26,28)/t18?,19?,20-/m0/s1. The van der Waals surface area contributed by atoms with Crippen molar-refractivity contribution >= 4 is 11.9 Å². The van der Waals surface area contributed by atoms with E-state index >= 15 is 0 Å². The molecule has 2 N–H and O–H groups in total. The molecule has 0 spiro atoms. The lowest BCUT2D eigenvalue weighted by atomic mass is 9.89. The van der Waals surface area contributed by atoms with Crippen molar-refractivity contribution in [3.05, 3.63) is 71.3 Å². The fourth-order valence-corrected chi connectivity index (χ4v) is 3.91. The number of benzene rings is 2. The van der Waals surface area contributed by atoms with Gasteiger partial charge < -0.3 is 10.1 Å². The molecule has 1 atom stereocenters. The minimum atomic E-state index is -0.684. The van der Waals surface area contributed by atoms with Crippen LogP contribution in [-0.4, -0.2) is 28.9 Å². The Morgan fingerprint density at radius 1 is 1.14 bits per heavy atom. The maximum Gasteiger partial charge on any atom is 0.323 e. The molecule has 7 heteroatoms. The summed E-state index contributed by atoms with van der Waals surface area (Å²) < 4.78 is 33.0. The Labute approximate surface area is 168 Å². The summed E-state index contributed by atoms with van der Waals surface area (Å²) in [5.74, 6) is -1.21. The van der Waals surface area contributed by atoms with E-state index in [9.17, 15) is 13.6 Å². The second-order valence-electron chi connectivity index (χ2n) is 7.61. The minimum absolute atomic E-state index is 0.0263. The number of halogens is 2. The molecule has 2 amide bonds. The fraction of sp³-hybridized carbons (Fsp3) is 0.364. The lowest BCUT2D eigenvalue weighted by Crippen LogP contribution is -2.52. The molecule has 1 saturated heterocycles. The largest absolute Gasteiger partial charge is 0.373 e. The number of urea groups is 1. The van der Waals surface area contributed by atoms with Crippen LogP contribution in [-0.2, 0) is 11.3 Å². The SMILES string of the molecule is N=C1CC[C@@H](c2cc(F)cc(F)c2)N1C(=O)NC1CC(OCc2ccccc2)C1. The first-order chi connectivity index (χ1) is 14.0. The lowest BCUT2D eigenvalue weighted by molar-refractivity contribution is -0.0246. The van der Waals surface area contributed by atoms with E-state index in [1.165, 1.54) is 17.0 Å². The number of rotatable bonds is 5. The maximum absolute atomic E-state index is 13.6. The second kappa shape index (κ2) is 8.29. The van der Waals surface area contributed by atoms with Crippen LogP contribution in [0.15, 0.2) is 48.5 Å². The number of amides is 2. The van der Waals surface area contributed by atoms with Crippen LogP contribution < -0.4 is 5.32 Å². The Morgan fingerprint density at radius 2 is 1.83 bits per heavy atom. The minimum Gasteiger partial charge on any atom is -0.373 e. The summed E-state index contributed by atoms with van der Waals surface area (Å²) in [6.07, 6.45) is 2.37. The Balaban J connectivity index is 1.31. The molecule has 5 nitrogen and oxygen atoms in total. The lowest BCUT2D eigenvalue weighted by Gasteiger charge is -2.37. The predicted molar refractivity (Wildman–Crippen MR) is 104 cm³/mol. The van der Waals surface area contributed by atoms with E-state index in [0.717, 1.165) is 11.6 Å². The van der Waals surface area contributed by atoms with Crippen LogP contribution in [0.4, 0.5) is 13.6 Å². The van der Waals surface area contributed by atoms with Crippen LogP contribution >= 0.6 is 0 Å². The van der Waals surface area contributed by atoms with E-state index in [1.807, 2.05) is 30.3 Å². The highest BCUT2D eigenvalue weighted by atomic mass is 19.1. The number of carbonyl (C=O) groups is 1. The summed E-state index contributed by atoms with van der Waals surface area (Å²) in [7, 11) is 0. The summed E-state index contributed by atoms with van der Waals surface area (Å²) in [5, 5.41) is 11.0. The molecule has 1 aliphatic carbocycles. The number of nitrogens with zero attached hydrogens (tertiary/aromatic N) is 1. The molecule has 1 saturated carbocycles. The number of likely N-dealkylation sites (tertiary alicyclic amines) is 1. The van der Waals surface area contributed by atoms with Crippen LogP contribution in [0.1, 0.15) is 42.9 Å². The molecular formula is C22H23F2N3O2. The molecule has 29 heavy (non-hydrogen) atoms. The van der Waals surface area contributed by atoms with Crippen LogP contribution in [0.3, 0.4) is 0 Å². The fourth-order valence-electron chi connectivity index (χ4n) is 3.91. The van der Waals surface area contributed by atoms with E-state index in [4.69, 9.17) is 10.1 Å². The molecule has 152 valence electrons. The average Bonchev–Trinajstić information content (AvgIpc) is 3.05. The van der Waals surface area contributed by atoms with Crippen molar-refractivity contribution < 1.29 is 18.3 Å². The highest BCUT2D eigenvalue weighted by Crippen LogP contribution is 2.34. The molecule has 2 aromatic carbocycles. The van der Waals surface area contributed by atoms with Crippen molar-refractivity contribution in [3.63, 3.8) is 0 Å². The van der Waals surface area contributed by atoms with Gasteiger partial charge in [0.15, 0.2) is 0 Å². The van der Waals surface area contributed by atoms with Gasteiger partial charge in [-0.3, -0.25) is 10.3 Å². The highest BCUT2D eigenvalue weighted by Gasteiger charge is 2.38. The third-order valence-corrected chi connectivity index (χ3v) is 5.50. The Hall–Kier alpha value is -2.80. The molecule has 0 aromatic heterocycles. The van der Waals surface area contributed by atoms with E-state index in [-0.39, 0.29) is 18.0 Å². The van der Waals surface area contributed by atoms with Crippen LogP contribution in [0, 0.1) is 17.0 Å². The summed E-state index contributed by atoms with van der Waals surface area (Å²) in [6.45, 7) is 0.538. The average molecular weight is 399 g/mol. The van der Waals surface area contributed by atoms with Gasteiger partial charge in [-0.1, -0.05) is 30.3 Å². The smallest absolute Gasteiger partial charge is 0.323 e. The van der Waals surface area contributed by atoms with Gasteiger partial charge in [0, 0.05) is 18.5 Å². The molecule has 4 rings (SSSR count). The number of carbonyl (C=O) groups excluding carboxylic acids is 1. The van der Waals surface area contributed by atoms with E-state index in [1.54, 1.807) is 0 Å². The zero-order chi connectivity index (χ0) is 20.4. The van der Waals surface area contributed by atoms with Gasteiger partial charge in [-0.25, -0.2) is 13.6 Å². The maximum atomic E-state index is 13.6. The van der Waals surface area contributed by atoms with Crippen molar-refractivity contribution in [1.29, 1.82) is 5.41 Å². The molecule has 0 radical (unpaired) electrons. The van der Waals surface area contributed by atoms with Gasteiger partial charge in [0.05, 0.1) is 18.8 Å². The van der Waals surface area contributed by atoms with Crippen LogP contribution in [0.5, 0.6) is 0 Å². The van der Waals surface area contributed by atoms with Gasteiger partial charge in [0.25, 0.3) is 0 Å². The third kappa shape index (κ3) is 4.45. The monoisotopic (exact) mass is 399 g/mol. The molecule has 1 heterocycles. The van der Waals surface area contributed by atoms with Gasteiger partial charge in [0.2, 0.25) is 0 Å². The summed E-state index contributed by atoms with van der Waals surface area (Å²) in [6, 6.07) is 12.2. The number of nitrogens with one attached hydrogen (secondary N) is 2. The molecular weight excluding hydrogens is 376 g/mol. The van der Waals surface area contributed by atoms with Gasteiger partial charge in [-0.05, 0) is 42.5 Å². The Kier molecular flexibility index (Phi) is 5.58. The number of amidine groups is 1. The highest BCUT2D eigenvalue weighted by molar-refractivity contribution is 5.98. The Bertz CT molecular complexity index is 880. The normalized spacial score (nSPS) is 23.7. The van der Waals surface area contributed by atoms with Crippen molar-refractivity contribution in [2.45, 2.75) is 50.5 Å². The first-order valence-corrected chi connectivity index (χ1v) is 9.78. The van der Waals surface area contributed by atoms with Crippen molar-refractivity contribution in [1.82, 2.24) is 10.2 Å². The van der Waals surface area contributed by atoms with E-state index < -0.39 is 23.7 Å². The van der Waals surface area contributed by atoms with Gasteiger partial charge in [-0.15, -0.1) is 0 Å². The van der Waals surface area contributed by atoms with E-state index in [2.05, 4.69) is 5.32 Å². The van der Waals surface area contributed by atoms with Gasteiger partial charge >= 0.3 is 6.03 Å². The quantitative estimate of drug-likeness (QED) is 0.775. The van der Waals surface area contributed by atoms with Gasteiger partial charge in [0.1, 0.15) is 17.5 Å². The zero-order valence-electron chi connectivity index (χ0n) is 15.9. The second-order valence-corrected chi connectivity index (χ2v) is 7.61. The number of hydrogen-bond donors (Lipinski definition) is 2. The number of hydrogen-bond acceptors (Lipinski definition) is 3. The summed E-state index contributed by atoms with van der Waals surface area (Å²) >= 11 is 0. The first-order valence-electron chi connectivity index (χ1n) is 9.78. The third-order valence-electron chi connectivity index (χ3n) is 5.50. The van der Waals surface area contributed by atoms with E-state index in [0.29, 0.717) is 37.9 Å². The molecule has 2 fully saturated rings. The summed E-state index contributed by atoms with van der Waals surface area (Å²) in [4.78, 5) is 14.1. The topological polar surface area (TPSA) is 65.4 Å². The Morgan fingerprint density at radius 3 is 2.52 bits per heavy atom. The molecule has 2 aromatic rings. The summed E-state index contributed by atoms with van der Waals surface area (Å²) in [5.41, 5.74) is 1.48. The molecule has 1 aliphatic heterocycles. The van der Waals surface area contributed by atoms with Gasteiger partial charge in [-0.2, -0.15) is 0 Å². The zero-order valence-corrected chi connectivity index (χ0v) is 15.9. The molecule has 2 aliphatic rings. The number of ether oxygens (including phenoxy) is 1.